The predicted molar refractivity (Wildman–Crippen MR) is 79.3 cm³/mol. The summed E-state index contributed by atoms with van der Waals surface area (Å²) in [6.45, 7) is 2.55. The van der Waals surface area contributed by atoms with Crippen molar-refractivity contribution in [3.05, 3.63) is 36.0 Å². The Labute approximate surface area is 130 Å². The standard InChI is InChI=1S/C16H15F3N2O2/c1-15(14(22)23)5-7-21(9-15)13-4-6-20-12-8-10(16(17,18)19)2-3-11(12)13/h2-4,6,8H,5,7,9H2,1H3,(H,22,23). The van der Waals surface area contributed by atoms with E-state index in [4.69, 9.17) is 0 Å². The molecule has 0 spiro atoms. The fourth-order valence-corrected chi connectivity index (χ4v) is 2.93. The summed E-state index contributed by atoms with van der Waals surface area (Å²) >= 11 is 0. The monoisotopic (exact) mass is 324 g/mol. The summed E-state index contributed by atoms with van der Waals surface area (Å²) in [5.41, 5.74) is -0.622. The lowest BCUT2D eigenvalue weighted by Gasteiger charge is -2.23. The van der Waals surface area contributed by atoms with Crippen LogP contribution in [0.15, 0.2) is 30.5 Å². The van der Waals surface area contributed by atoms with Gasteiger partial charge in [0.05, 0.1) is 16.5 Å². The Balaban J connectivity index is 2.01. The van der Waals surface area contributed by atoms with Gasteiger partial charge in [-0.25, -0.2) is 0 Å². The summed E-state index contributed by atoms with van der Waals surface area (Å²) in [5, 5.41) is 9.91. The van der Waals surface area contributed by atoms with Crippen molar-refractivity contribution in [3.63, 3.8) is 0 Å². The second-order valence-electron chi connectivity index (χ2n) is 6.10. The molecule has 1 saturated heterocycles. The van der Waals surface area contributed by atoms with E-state index >= 15 is 0 Å². The van der Waals surface area contributed by atoms with Crippen molar-refractivity contribution in [3.8, 4) is 0 Å². The molecule has 23 heavy (non-hydrogen) atoms. The summed E-state index contributed by atoms with van der Waals surface area (Å²) in [4.78, 5) is 17.3. The molecule has 1 fully saturated rings. The Kier molecular flexibility index (Phi) is 3.46. The smallest absolute Gasteiger partial charge is 0.416 e. The molecular weight excluding hydrogens is 309 g/mol. The highest BCUT2D eigenvalue weighted by Crippen LogP contribution is 2.37. The van der Waals surface area contributed by atoms with Gasteiger partial charge in [0.15, 0.2) is 0 Å². The molecule has 0 radical (unpaired) electrons. The van der Waals surface area contributed by atoms with Crippen LogP contribution in [0.1, 0.15) is 18.9 Å². The average molecular weight is 324 g/mol. The third-order valence-electron chi connectivity index (χ3n) is 4.38. The van der Waals surface area contributed by atoms with Crippen LogP contribution >= 0.6 is 0 Å². The van der Waals surface area contributed by atoms with Crippen LogP contribution in [0.4, 0.5) is 18.9 Å². The maximum atomic E-state index is 12.8. The van der Waals surface area contributed by atoms with E-state index in [2.05, 4.69) is 4.98 Å². The highest BCUT2D eigenvalue weighted by Gasteiger charge is 2.41. The van der Waals surface area contributed by atoms with Gasteiger partial charge in [0.25, 0.3) is 0 Å². The number of rotatable bonds is 2. The highest BCUT2D eigenvalue weighted by molar-refractivity contribution is 5.92. The van der Waals surface area contributed by atoms with Crippen molar-refractivity contribution in [2.45, 2.75) is 19.5 Å². The first-order valence-corrected chi connectivity index (χ1v) is 7.15. The molecule has 2 heterocycles. The first-order valence-electron chi connectivity index (χ1n) is 7.15. The van der Waals surface area contributed by atoms with Gasteiger partial charge >= 0.3 is 12.1 Å². The average Bonchev–Trinajstić information content (AvgIpc) is 2.89. The number of alkyl halides is 3. The van der Waals surface area contributed by atoms with Gasteiger partial charge in [0.1, 0.15) is 0 Å². The normalized spacial score (nSPS) is 21.8. The zero-order chi connectivity index (χ0) is 16.8. The molecule has 3 rings (SSSR count). The molecule has 4 nitrogen and oxygen atoms in total. The summed E-state index contributed by atoms with van der Waals surface area (Å²) in [6.07, 6.45) is -2.47. The molecule has 122 valence electrons. The number of carbonyl (C=O) groups is 1. The Hall–Kier alpha value is -2.31. The summed E-state index contributed by atoms with van der Waals surface area (Å²) in [5.74, 6) is -0.863. The van der Waals surface area contributed by atoms with Crippen molar-refractivity contribution < 1.29 is 23.1 Å². The maximum Gasteiger partial charge on any atom is 0.416 e. The van der Waals surface area contributed by atoms with Crippen LogP contribution in [-0.2, 0) is 11.0 Å². The molecule has 1 aromatic heterocycles. The van der Waals surface area contributed by atoms with Crippen LogP contribution in [0.2, 0.25) is 0 Å². The minimum absolute atomic E-state index is 0.251. The molecule has 1 unspecified atom stereocenters. The number of aliphatic carboxylic acids is 1. The van der Waals surface area contributed by atoms with Crippen molar-refractivity contribution in [1.29, 1.82) is 0 Å². The number of carboxylic acid groups (broad SMARTS) is 1. The molecule has 0 amide bonds. The number of halogens is 3. The number of hydrogen-bond donors (Lipinski definition) is 1. The van der Waals surface area contributed by atoms with Crippen molar-refractivity contribution >= 4 is 22.6 Å². The molecule has 1 atom stereocenters. The molecule has 1 aliphatic rings. The first-order chi connectivity index (χ1) is 10.7. The van der Waals surface area contributed by atoms with Crippen LogP contribution in [0, 0.1) is 5.41 Å². The van der Waals surface area contributed by atoms with Gasteiger partial charge in [-0.05, 0) is 31.5 Å². The SMILES string of the molecule is CC1(C(=O)O)CCN(c2ccnc3cc(C(F)(F)F)ccc23)C1. The minimum atomic E-state index is -4.42. The van der Waals surface area contributed by atoms with Crippen LogP contribution in [0.25, 0.3) is 10.9 Å². The summed E-state index contributed by atoms with van der Waals surface area (Å²) in [7, 11) is 0. The number of pyridine rings is 1. The van der Waals surface area contributed by atoms with Crippen molar-refractivity contribution in [2.75, 3.05) is 18.0 Å². The van der Waals surface area contributed by atoms with Gasteiger partial charge < -0.3 is 10.0 Å². The molecule has 2 aromatic rings. The number of fused-ring (bicyclic) bond motifs is 1. The fraction of sp³-hybridized carbons (Fsp3) is 0.375. The second kappa shape index (κ2) is 5.11. The quantitative estimate of drug-likeness (QED) is 0.918. The second-order valence-corrected chi connectivity index (χ2v) is 6.10. The van der Waals surface area contributed by atoms with Gasteiger partial charge in [0.2, 0.25) is 0 Å². The molecule has 0 bridgehead atoms. The largest absolute Gasteiger partial charge is 0.481 e. The number of nitrogens with zero attached hydrogens (tertiary/aromatic N) is 2. The number of benzene rings is 1. The van der Waals surface area contributed by atoms with Crippen LogP contribution in [0.3, 0.4) is 0 Å². The number of aromatic nitrogens is 1. The van der Waals surface area contributed by atoms with Crippen LogP contribution < -0.4 is 4.90 Å². The topological polar surface area (TPSA) is 53.4 Å². The van der Waals surface area contributed by atoms with E-state index in [0.29, 0.717) is 30.6 Å². The van der Waals surface area contributed by atoms with Gasteiger partial charge in [-0.15, -0.1) is 0 Å². The van der Waals surface area contributed by atoms with Gasteiger partial charge in [-0.2, -0.15) is 13.2 Å². The lowest BCUT2D eigenvalue weighted by Crippen LogP contribution is -2.31. The molecule has 1 aliphatic heterocycles. The molecule has 1 aromatic carbocycles. The summed E-state index contributed by atoms with van der Waals surface area (Å²) < 4.78 is 38.4. The van der Waals surface area contributed by atoms with E-state index in [1.165, 1.54) is 12.3 Å². The molecular formula is C16H15F3N2O2. The van der Waals surface area contributed by atoms with E-state index in [0.717, 1.165) is 12.1 Å². The lowest BCUT2D eigenvalue weighted by molar-refractivity contribution is -0.146. The molecule has 1 N–H and O–H groups in total. The Morgan fingerprint density at radius 1 is 1.35 bits per heavy atom. The minimum Gasteiger partial charge on any atom is -0.481 e. The van der Waals surface area contributed by atoms with E-state index < -0.39 is 23.1 Å². The number of hydrogen-bond acceptors (Lipinski definition) is 3. The van der Waals surface area contributed by atoms with E-state index in [9.17, 15) is 23.1 Å². The molecule has 0 aliphatic carbocycles. The zero-order valence-electron chi connectivity index (χ0n) is 12.4. The fourth-order valence-electron chi connectivity index (χ4n) is 2.93. The summed E-state index contributed by atoms with van der Waals surface area (Å²) in [6, 6.07) is 5.16. The Morgan fingerprint density at radius 2 is 2.09 bits per heavy atom. The Morgan fingerprint density at radius 3 is 2.70 bits per heavy atom. The maximum absolute atomic E-state index is 12.8. The third-order valence-corrected chi connectivity index (χ3v) is 4.38. The zero-order valence-corrected chi connectivity index (χ0v) is 12.4. The van der Waals surface area contributed by atoms with Gasteiger partial charge in [-0.3, -0.25) is 9.78 Å². The molecule has 7 heteroatoms. The van der Waals surface area contributed by atoms with Crippen LogP contribution in [-0.4, -0.2) is 29.1 Å². The Bertz CT molecular complexity index is 775. The number of carboxylic acids is 1. The van der Waals surface area contributed by atoms with E-state index in [1.54, 1.807) is 13.0 Å². The van der Waals surface area contributed by atoms with E-state index in [-0.39, 0.29) is 5.52 Å². The highest BCUT2D eigenvalue weighted by atomic mass is 19.4. The molecule has 0 saturated carbocycles. The van der Waals surface area contributed by atoms with Gasteiger partial charge in [-0.1, -0.05) is 6.07 Å². The predicted octanol–water partition coefficient (Wildman–Crippen LogP) is 3.55. The van der Waals surface area contributed by atoms with E-state index in [1.807, 2.05) is 4.90 Å². The van der Waals surface area contributed by atoms with Crippen molar-refractivity contribution in [1.82, 2.24) is 4.98 Å². The van der Waals surface area contributed by atoms with Crippen molar-refractivity contribution in [2.24, 2.45) is 5.41 Å². The lowest BCUT2D eigenvalue weighted by atomic mass is 9.90. The van der Waals surface area contributed by atoms with Gasteiger partial charge in [0, 0.05) is 30.4 Å². The third kappa shape index (κ3) is 2.71. The van der Waals surface area contributed by atoms with Crippen LogP contribution in [0.5, 0.6) is 0 Å². The number of anilines is 1. The first kappa shape index (κ1) is 15.6.